The van der Waals surface area contributed by atoms with Crippen LogP contribution < -0.4 is 0 Å². The van der Waals surface area contributed by atoms with E-state index >= 15 is 0 Å². The Kier molecular flexibility index (Phi) is 7.44. The highest BCUT2D eigenvalue weighted by Crippen LogP contribution is 2.41. The van der Waals surface area contributed by atoms with Gasteiger partial charge in [-0.2, -0.15) is 0 Å². The van der Waals surface area contributed by atoms with E-state index in [-0.39, 0.29) is 43.6 Å². The summed E-state index contributed by atoms with van der Waals surface area (Å²) in [5.41, 5.74) is -1.43. The average Bonchev–Trinajstić information content (AvgIpc) is 3.35. The summed E-state index contributed by atoms with van der Waals surface area (Å²) in [4.78, 5) is 43.0. The number of hydrogen-bond acceptors (Lipinski definition) is 5. The van der Waals surface area contributed by atoms with Crippen molar-refractivity contribution < 1.29 is 28.2 Å². The van der Waals surface area contributed by atoms with Gasteiger partial charge in [0, 0.05) is 45.2 Å². The monoisotopic (exact) mass is 460 g/mol. The van der Waals surface area contributed by atoms with Crippen molar-refractivity contribution in [1.82, 2.24) is 9.80 Å². The molecule has 0 N–H and O–H groups in total. The minimum Gasteiger partial charge on any atom is -0.383 e. The van der Waals surface area contributed by atoms with Crippen molar-refractivity contribution in [2.24, 2.45) is 5.92 Å². The van der Waals surface area contributed by atoms with Gasteiger partial charge in [0.05, 0.1) is 24.7 Å². The Labute approximate surface area is 194 Å². The molecule has 4 rings (SSSR count). The number of carbonyl (C=O) groups is 3. The molecule has 0 spiro atoms. The third-order valence-corrected chi connectivity index (χ3v) is 7.27. The molecule has 3 fully saturated rings. The molecule has 2 atom stereocenters. The lowest BCUT2D eigenvalue weighted by Crippen LogP contribution is -2.47. The number of rotatable bonds is 10. The Bertz CT molecular complexity index is 883. The largest absolute Gasteiger partial charge is 0.383 e. The van der Waals surface area contributed by atoms with Gasteiger partial charge >= 0.3 is 0 Å². The number of methoxy groups -OCH3 is 1. The molecule has 0 radical (unpaired) electrons. The van der Waals surface area contributed by atoms with E-state index < -0.39 is 23.0 Å². The third kappa shape index (κ3) is 4.96. The fourth-order valence-corrected chi connectivity index (χ4v) is 5.17. The molecule has 8 heteroatoms. The summed E-state index contributed by atoms with van der Waals surface area (Å²) in [5.74, 6) is -1.29. The van der Waals surface area contributed by atoms with Crippen LogP contribution in [0.4, 0.5) is 4.39 Å². The van der Waals surface area contributed by atoms with Gasteiger partial charge in [-0.3, -0.25) is 19.3 Å². The minimum absolute atomic E-state index is 0.0162. The van der Waals surface area contributed by atoms with Crippen molar-refractivity contribution in [2.45, 2.75) is 56.5 Å². The lowest BCUT2D eigenvalue weighted by molar-refractivity contribution is -0.144. The topological polar surface area (TPSA) is 76.2 Å². The van der Waals surface area contributed by atoms with Gasteiger partial charge in [0.1, 0.15) is 5.82 Å². The van der Waals surface area contributed by atoms with E-state index in [4.69, 9.17) is 9.47 Å². The number of nitrogens with zero attached hydrogens (tertiary/aromatic N) is 2. The van der Waals surface area contributed by atoms with Crippen LogP contribution in [0.3, 0.4) is 0 Å². The fourth-order valence-electron chi connectivity index (χ4n) is 5.17. The Morgan fingerprint density at radius 3 is 2.64 bits per heavy atom. The molecule has 1 aromatic rings. The standard InChI is InChI=1S/C25H33FN2O5/c1-32-13-11-28-23(30)15-25(24(28)31,20-9-2-3-10-21(20)26)14-22(29)27(16-18-6-4-7-18)17-19-8-5-12-33-19/h2-3,9-10,18-19H,4-8,11-17H2,1H3/t19-,25-/m1/s1. The maximum absolute atomic E-state index is 15.0. The van der Waals surface area contributed by atoms with Crippen molar-refractivity contribution >= 4 is 17.7 Å². The second kappa shape index (κ2) is 10.3. The maximum atomic E-state index is 15.0. The Morgan fingerprint density at radius 2 is 2.00 bits per heavy atom. The van der Waals surface area contributed by atoms with Gasteiger partial charge in [-0.25, -0.2) is 4.39 Å². The van der Waals surface area contributed by atoms with Crippen molar-refractivity contribution in [3.8, 4) is 0 Å². The van der Waals surface area contributed by atoms with E-state index in [1.165, 1.54) is 19.2 Å². The van der Waals surface area contributed by atoms with Crippen LogP contribution in [0.15, 0.2) is 24.3 Å². The van der Waals surface area contributed by atoms with Crippen molar-refractivity contribution in [2.75, 3.05) is 40.0 Å². The third-order valence-electron chi connectivity index (χ3n) is 7.27. The molecule has 2 aliphatic heterocycles. The Morgan fingerprint density at radius 1 is 1.21 bits per heavy atom. The quantitative estimate of drug-likeness (QED) is 0.502. The predicted octanol–water partition coefficient (Wildman–Crippen LogP) is 2.67. The first-order valence-electron chi connectivity index (χ1n) is 11.9. The molecular formula is C25H33FN2O5. The first kappa shape index (κ1) is 23.8. The highest BCUT2D eigenvalue weighted by molar-refractivity contribution is 6.10. The minimum atomic E-state index is -1.54. The second-order valence-corrected chi connectivity index (χ2v) is 9.49. The summed E-state index contributed by atoms with van der Waals surface area (Å²) in [7, 11) is 1.49. The highest BCUT2D eigenvalue weighted by Gasteiger charge is 2.55. The SMILES string of the molecule is COCCN1C(=O)C[C@](CC(=O)N(CC2CCC2)C[C@H]2CCCO2)(c2ccccc2F)C1=O. The van der Waals surface area contributed by atoms with E-state index in [9.17, 15) is 18.8 Å². The molecule has 2 saturated heterocycles. The van der Waals surface area contributed by atoms with Crippen molar-refractivity contribution in [3.63, 3.8) is 0 Å². The predicted molar refractivity (Wildman–Crippen MR) is 119 cm³/mol. The van der Waals surface area contributed by atoms with Crippen LogP contribution in [0.2, 0.25) is 0 Å². The van der Waals surface area contributed by atoms with Gasteiger partial charge in [-0.1, -0.05) is 24.6 Å². The van der Waals surface area contributed by atoms with Gasteiger partial charge in [0.15, 0.2) is 0 Å². The molecule has 0 unspecified atom stereocenters. The summed E-state index contributed by atoms with van der Waals surface area (Å²) in [6, 6.07) is 5.97. The number of ether oxygens (including phenoxy) is 2. The lowest BCUT2D eigenvalue weighted by atomic mass is 9.75. The van der Waals surface area contributed by atoms with E-state index in [1.807, 2.05) is 0 Å². The van der Waals surface area contributed by atoms with E-state index in [0.717, 1.165) is 37.0 Å². The summed E-state index contributed by atoms with van der Waals surface area (Å²) >= 11 is 0. The van der Waals surface area contributed by atoms with Crippen molar-refractivity contribution in [3.05, 3.63) is 35.6 Å². The van der Waals surface area contributed by atoms with Crippen LogP contribution >= 0.6 is 0 Å². The molecule has 7 nitrogen and oxygen atoms in total. The van der Waals surface area contributed by atoms with Crippen LogP contribution in [0.5, 0.6) is 0 Å². The van der Waals surface area contributed by atoms with Gasteiger partial charge in [-0.05, 0) is 37.7 Å². The maximum Gasteiger partial charge on any atom is 0.241 e. The number of carbonyl (C=O) groups excluding carboxylic acids is 3. The van der Waals surface area contributed by atoms with Gasteiger partial charge in [-0.15, -0.1) is 0 Å². The second-order valence-electron chi connectivity index (χ2n) is 9.49. The van der Waals surface area contributed by atoms with Crippen LogP contribution in [-0.4, -0.2) is 73.6 Å². The van der Waals surface area contributed by atoms with E-state index in [1.54, 1.807) is 17.0 Å². The van der Waals surface area contributed by atoms with Crippen LogP contribution in [0.25, 0.3) is 0 Å². The zero-order valence-electron chi connectivity index (χ0n) is 19.3. The average molecular weight is 461 g/mol. The molecule has 3 amide bonds. The first-order chi connectivity index (χ1) is 15.9. The molecular weight excluding hydrogens is 427 g/mol. The molecule has 0 bridgehead atoms. The fraction of sp³-hybridized carbons (Fsp3) is 0.640. The highest BCUT2D eigenvalue weighted by atomic mass is 19.1. The number of benzene rings is 1. The first-order valence-corrected chi connectivity index (χ1v) is 11.9. The van der Waals surface area contributed by atoms with Gasteiger partial charge < -0.3 is 14.4 Å². The van der Waals surface area contributed by atoms with Crippen LogP contribution in [0.1, 0.15) is 50.5 Å². The lowest BCUT2D eigenvalue weighted by Gasteiger charge is -2.36. The molecule has 1 aromatic carbocycles. The number of amides is 3. The number of hydrogen-bond donors (Lipinski definition) is 0. The smallest absolute Gasteiger partial charge is 0.241 e. The van der Waals surface area contributed by atoms with E-state index in [0.29, 0.717) is 25.6 Å². The molecule has 1 saturated carbocycles. The molecule has 3 aliphatic rings. The van der Waals surface area contributed by atoms with Crippen LogP contribution in [0, 0.1) is 11.7 Å². The summed E-state index contributed by atoms with van der Waals surface area (Å²) in [6.45, 7) is 2.04. The van der Waals surface area contributed by atoms with Crippen LogP contribution in [-0.2, 0) is 29.3 Å². The number of halogens is 1. The molecule has 2 heterocycles. The number of likely N-dealkylation sites (tertiary alicyclic amines) is 1. The molecule has 1 aliphatic carbocycles. The summed E-state index contributed by atoms with van der Waals surface area (Å²) in [6.07, 6.45) is 4.71. The van der Waals surface area contributed by atoms with E-state index in [2.05, 4.69) is 0 Å². The molecule has 180 valence electrons. The summed E-state index contributed by atoms with van der Waals surface area (Å²) < 4.78 is 25.8. The van der Waals surface area contributed by atoms with Crippen molar-refractivity contribution in [1.29, 1.82) is 0 Å². The Balaban J connectivity index is 1.62. The zero-order valence-corrected chi connectivity index (χ0v) is 19.3. The van der Waals surface area contributed by atoms with Gasteiger partial charge in [0.2, 0.25) is 17.7 Å². The molecule has 0 aromatic heterocycles. The normalized spacial score (nSPS) is 25.5. The Hall–Kier alpha value is -2.32. The number of imide groups is 1. The summed E-state index contributed by atoms with van der Waals surface area (Å²) in [5, 5.41) is 0. The zero-order chi connectivity index (χ0) is 23.4. The molecule has 33 heavy (non-hydrogen) atoms. The van der Waals surface area contributed by atoms with Gasteiger partial charge in [0.25, 0.3) is 0 Å².